The molecule has 1 aliphatic rings. The Kier molecular flexibility index (Phi) is 4.83. The third-order valence-electron chi connectivity index (χ3n) is 6.82. The third kappa shape index (κ3) is 3.07. The Labute approximate surface area is 200 Å². The fourth-order valence-electron chi connectivity index (χ4n) is 5.25. The second-order valence-corrected chi connectivity index (χ2v) is 8.81. The van der Waals surface area contributed by atoms with Crippen molar-refractivity contribution < 1.29 is 5.11 Å². The molecule has 1 atom stereocenters. The van der Waals surface area contributed by atoms with Gasteiger partial charge in [-0.15, -0.1) is 0 Å². The van der Waals surface area contributed by atoms with Crippen LogP contribution in [-0.4, -0.2) is 5.11 Å². The van der Waals surface area contributed by atoms with Gasteiger partial charge in [-0.2, -0.15) is 0 Å². The van der Waals surface area contributed by atoms with Gasteiger partial charge in [-0.05, 0) is 65.6 Å². The molecule has 0 fully saturated rings. The molecular formula is C32H25NO. The summed E-state index contributed by atoms with van der Waals surface area (Å²) in [5, 5.41) is 12.5. The molecule has 1 unspecified atom stereocenters. The number of benzene rings is 5. The number of rotatable bonds is 4. The minimum Gasteiger partial charge on any atom is -0.376 e. The Morgan fingerprint density at radius 1 is 0.500 bits per heavy atom. The van der Waals surface area contributed by atoms with E-state index in [0.29, 0.717) is 0 Å². The molecule has 164 valence electrons. The van der Waals surface area contributed by atoms with Gasteiger partial charge < -0.3 is 10.0 Å². The van der Waals surface area contributed by atoms with Gasteiger partial charge in [0.25, 0.3) is 0 Å². The number of nitrogens with zero attached hydrogens (tertiary/aromatic N) is 1. The summed E-state index contributed by atoms with van der Waals surface area (Å²) in [6, 6.07) is 43.5. The molecule has 1 aliphatic carbocycles. The van der Waals surface area contributed by atoms with Crippen LogP contribution >= 0.6 is 0 Å². The summed E-state index contributed by atoms with van der Waals surface area (Å²) in [5.41, 5.74) is 7.94. The van der Waals surface area contributed by atoms with E-state index in [2.05, 4.69) is 90.7 Å². The average molecular weight is 440 g/mol. The molecule has 0 amide bonds. The highest BCUT2D eigenvalue weighted by atomic mass is 16.3. The van der Waals surface area contributed by atoms with Crippen LogP contribution in [-0.2, 0) is 5.60 Å². The van der Waals surface area contributed by atoms with Gasteiger partial charge >= 0.3 is 0 Å². The Morgan fingerprint density at radius 3 is 1.68 bits per heavy atom. The molecule has 5 aromatic rings. The largest absolute Gasteiger partial charge is 0.376 e. The maximum Gasteiger partial charge on any atom is 0.142 e. The average Bonchev–Trinajstić information content (AvgIpc) is 3.15. The highest BCUT2D eigenvalue weighted by Gasteiger charge is 2.44. The highest BCUT2D eigenvalue weighted by molar-refractivity contribution is 5.86. The molecule has 0 saturated heterocycles. The lowest BCUT2D eigenvalue weighted by Crippen LogP contribution is -2.27. The van der Waals surface area contributed by atoms with Crippen LogP contribution in [0.1, 0.15) is 22.3 Å². The summed E-state index contributed by atoms with van der Waals surface area (Å²) in [5.74, 6) is 0. The molecule has 0 heterocycles. The number of anilines is 3. The smallest absolute Gasteiger partial charge is 0.142 e. The van der Waals surface area contributed by atoms with Crippen molar-refractivity contribution in [2.75, 3.05) is 4.90 Å². The molecule has 0 saturated carbocycles. The van der Waals surface area contributed by atoms with Gasteiger partial charge in [0.2, 0.25) is 0 Å². The first-order chi connectivity index (χ1) is 16.7. The summed E-state index contributed by atoms with van der Waals surface area (Å²) in [6.07, 6.45) is 0. The van der Waals surface area contributed by atoms with Crippen LogP contribution in [0, 0.1) is 6.92 Å². The van der Waals surface area contributed by atoms with Gasteiger partial charge in [0.15, 0.2) is 0 Å². The van der Waals surface area contributed by atoms with Crippen LogP contribution in [0.5, 0.6) is 0 Å². The van der Waals surface area contributed by atoms with E-state index in [0.717, 1.165) is 50.4 Å². The van der Waals surface area contributed by atoms with Gasteiger partial charge in [-0.25, -0.2) is 0 Å². The number of aliphatic hydroxyl groups is 1. The summed E-state index contributed by atoms with van der Waals surface area (Å²) >= 11 is 0. The number of aryl methyl sites for hydroxylation is 1. The maximum absolute atomic E-state index is 12.5. The molecule has 0 radical (unpaired) electrons. The molecule has 2 nitrogen and oxygen atoms in total. The van der Waals surface area contributed by atoms with Crippen LogP contribution in [0.3, 0.4) is 0 Å². The minimum absolute atomic E-state index is 0.914. The van der Waals surface area contributed by atoms with Crippen LogP contribution in [0.25, 0.3) is 11.1 Å². The molecule has 0 aliphatic heterocycles. The van der Waals surface area contributed by atoms with Gasteiger partial charge in [0.1, 0.15) is 5.60 Å². The Hall–Kier alpha value is -4.14. The van der Waals surface area contributed by atoms with Crippen molar-refractivity contribution in [1.29, 1.82) is 0 Å². The fourth-order valence-corrected chi connectivity index (χ4v) is 5.25. The molecule has 0 bridgehead atoms. The number of hydrogen-bond donors (Lipinski definition) is 1. The number of hydrogen-bond acceptors (Lipinski definition) is 2. The summed E-state index contributed by atoms with van der Waals surface area (Å²) < 4.78 is 0. The van der Waals surface area contributed by atoms with Crippen molar-refractivity contribution in [3.05, 3.63) is 150 Å². The van der Waals surface area contributed by atoms with Crippen LogP contribution < -0.4 is 4.90 Å². The summed E-state index contributed by atoms with van der Waals surface area (Å²) in [7, 11) is 0. The SMILES string of the molecule is Cc1ccccc1C1(O)c2ccccc2-c2ccc(N(c3ccccc3)c3ccccc3)cc21. The molecule has 5 aromatic carbocycles. The third-order valence-corrected chi connectivity index (χ3v) is 6.82. The summed E-state index contributed by atoms with van der Waals surface area (Å²) in [6.45, 7) is 2.07. The zero-order valence-electron chi connectivity index (χ0n) is 19.0. The van der Waals surface area contributed by atoms with E-state index in [1.807, 2.05) is 48.5 Å². The minimum atomic E-state index is -1.22. The van der Waals surface area contributed by atoms with Gasteiger partial charge in [-0.1, -0.05) is 91.0 Å². The fraction of sp³-hybridized carbons (Fsp3) is 0.0625. The predicted octanol–water partition coefficient (Wildman–Crippen LogP) is 7.73. The molecular weight excluding hydrogens is 414 g/mol. The molecule has 2 heteroatoms. The standard InChI is InChI=1S/C32H25NO/c1-23-12-8-10-18-29(23)32(34)30-19-11-9-17-27(30)28-21-20-26(22-31(28)32)33(24-13-4-2-5-14-24)25-15-6-3-7-16-25/h2-22,34H,1H3. The van der Waals surface area contributed by atoms with Crippen molar-refractivity contribution in [2.24, 2.45) is 0 Å². The molecule has 34 heavy (non-hydrogen) atoms. The first-order valence-corrected chi connectivity index (χ1v) is 11.6. The zero-order valence-corrected chi connectivity index (χ0v) is 19.0. The highest BCUT2D eigenvalue weighted by Crippen LogP contribution is 2.53. The molecule has 6 rings (SSSR count). The van der Waals surface area contributed by atoms with E-state index in [1.165, 1.54) is 0 Å². The van der Waals surface area contributed by atoms with E-state index in [9.17, 15) is 5.11 Å². The first-order valence-electron chi connectivity index (χ1n) is 11.6. The van der Waals surface area contributed by atoms with E-state index >= 15 is 0 Å². The Balaban J connectivity index is 1.61. The first kappa shape index (κ1) is 20.5. The molecule has 0 aromatic heterocycles. The van der Waals surface area contributed by atoms with Crippen LogP contribution in [0.2, 0.25) is 0 Å². The van der Waals surface area contributed by atoms with Crippen LogP contribution in [0.15, 0.2) is 127 Å². The lowest BCUT2D eigenvalue weighted by Gasteiger charge is -2.30. The quantitative estimate of drug-likeness (QED) is 0.310. The van der Waals surface area contributed by atoms with Crippen LogP contribution in [0.4, 0.5) is 17.1 Å². The van der Waals surface area contributed by atoms with Crippen molar-refractivity contribution in [2.45, 2.75) is 12.5 Å². The summed E-state index contributed by atoms with van der Waals surface area (Å²) in [4.78, 5) is 2.24. The lowest BCUT2D eigenvalue weighted by molar-refractivity contribution is 0.130. The van der Waals surface area contributed by atoms with Crippen molar-refractivity contribution >= 4 is 17.1 Å². The second kappa shape index (κ2) is 8.02. The maximum atomic E-state index is 12.5. The van der Waals surface area contributed by atoms with Gasteiger partial charge in [-0.3, -0.25) is 0 Å². The normalized spacial score (nSPS) is 16.1. The Morgan fingerprint density at radius 2 is 1.03 bits per heavy atom. The number of para-hydroxylation sites is 2. The molecule has 0 spiro atoms. The van der Waals surface area contributed by atoms with E-state index in [-0.39, 0.29) is 0 Å². The lowest BCUT2D eigenvalue weighted by atomic mass is 9.82. The zero-order chi connectivity index (χ0) is 23.1. The van der Waals surface area contributed by atoms with Gasteiger partial charge in [0.05, 0.1) is 0 Å². The second-order valence-electron chi connectivity index (χ2n) is 8.81. The van der Waals surface area contributed by atoms with Crippen molar-refractivity contribution in [3.63, 3.8) is 0 Å². The van der Waals surface area contributed by atoms with Crippen molar-refractivity contribution in [1.82, 2.24) is 0 Å². The Bertz CT molecular complexity index is 1440. The van der Waals surface area contributed by atoms with E-state index in [4.69, 9.17) is 0 Å². The van der Waals surface area contributed by atoms with Crippen molar-refractivity contribution in [3.8, 4) is 11.1 Å². The topological polar surface area (TPSA) is 23.5 Å². The molecule has 1 N–H and O–H groups in total. The monoisotopic (exact) mass is 439 g/mol. The van der Waals surface area contributed by atoms with E-state index in [1.54, 1.807) is 0 Å². The van der Waals surface area contributed by atoms with E-state index < -0.39 is 5.60 Å². The number of fused-ring (bicyclic) bond motifs is 3. The predicted molar refractivity (Wildman–Crippen MR) is 140 cm³/mol. The van der Waals surface area contributed by atoms with Gasteiger partial charge in [0, 0.05) is 28.2 Å².